The van der Waals surface area contributed by atoms with Gasteiger partial charge in [-0.15, -0.1) is 0 Å². The van der Waals surface area contributed by atoms with Crippen LogP contribution in [-0.2, 0) is 23.8 Å². The van der Waals surface area contributed by atoms with E-state index >= 15 is 0 Å². The lowest BCUT2D eigenvalue weighted by Gasteiger charge is -2.17. The van der Waals surface area contributed by atoms with Crippen LogP contribution in [0.15, 0.2) is 30.8 Å². The fourth-order valence-corrected chi connectivity index (χ4v) is 2.08. The molecule has 5 nitrogen and oxygen atoms in total. The third kappa shape index (κ3) is 4.50. The maximum absolute atomic E-state index is 11.8. The largest absolute Gasteiger partial charge is 0.464 e. The maximum atomic E-state index is 11.8. The highest BCUT2D eigenvalue weighted by molar-refractivity contribution is 7.86. The number of ether oxygens (including phenoxy) is 1. The summed E-state index contributed by atoms with van der Waals surface area (Å²) >= 11 is 0. The van der Waals surface area contributed by atoms with Crippen molar-refractivity contribution >= 4 is 22.2 Å². The Morgan fingerprint density at radius 1 is 1.42 bits per heavy atom. The van der Waals surface area contributed by atoms with E-state index in [1.807, 2.05) is 0 Å². The summed E-state index contributed by atoms with van der Waals surface area (Å²) in [5, 5.41) is 0. The average molecular weight is 284 g/mol. The Morgan fingerprint density at radius 2 is 2.05 bits per heavy atom. The summed E-state index contributed by atoms with van der Waals surface area (Å²) in [6.45, 7) is 5.39. The molecule has 0 radical (unpaired) electrons. The molecule has 0 N–H and O–H groups in total. The lowest BCUT2D eigenvalue weighted by molar-refractivity contribution is -0.151. The standard InChI is InChI=1S/C13H16O5S/c1-4-10-8-6-7-9-11(10)12(13(14)17-5-2)18-19(3,15)16/h4,6-9,12H,1,5H2,2-3H3. The minimum absolute atomic E-state index is 0.138. The predicted octanol–water partition coefficient (Wildman–Crippen LogP) is 1.91. The molecular weight excluding hydrogens is 268 g/mol. The molecule has 0 bridgehead atoms. The van der Waals surface area contributed by atoms with E-state index in [-0.39, 0.29) is 6.61 Å². The van der Waals surface area contributed by atoms with Gasteiger partial charge in [0.25, 0.3) is 10.1 Å². The maximum Gasteiger partial charge on any atom is 0.341 e. The van der Waals surface area contributed by atoms with Crippen LogP contribution in [0.3, 0.4) is 0 Å². The van der Waals surface area contributed by atoms with Crippen molar-refractivity contribution in [2.45, 2.75) is 13.0 Å². The fourth-order valence-electron chi connectivity index (χ4n) is 1.55. The molecule has 0 spiro atoms. The number of carbonyl (C=O) groups is 1. The Labute approximate surface area is 113 Å². The number of esters is 1. The number of rotatable bonds is 6. The van der Waals surface area contributed by atoms with Gasteiger partial charge in [-0.05, 0) is 12.5 Å². The van der Waals surface area contributed by atoms with E-state index in [1.165, 1.54) is 6.08 Å². The third-order valence-corrected chi connectivity index (χ3v) is 2.81. The van der Waals surface area contributed by atoms with Crippen molar-refractivity contribution in [3.05, 3.63) is 42.0 Å². The summed E-state index contributed by atoms with van der Waals surface area (Å²) in [6.07, 6.45) is 1.09. The molecular formula is C13H16O5S. The Balaban J connectivity index is 3.22. The first-order chi connectivity index (χ1) is 8.89. The molecule has 0 saturated heterocycles. The van der Waals surface area contributed by atoms with Gasteiger partial charge in [-0.3, -0.25) is 4.18 Å². The molecule has 0 amide bonds. The first kappa shape index (κ1) is 15.4. The lowest BCUT2D eigenvalue weighted by Crippen LogP contribution is -2.22. The molecule has 1 aromatic carbocycles. The number of benzene rings is 1. The van der Waals surface area contributed by atoms with Crippen molar-refractivity contribution in [3.8, 4) is 0 Å². The molecule has 1 atom stereocenters. The van der Waals surface area contributed by atoms with E-state index in [2.05, 4.69) is 6.58 Å². The predicted molar refractivity (Wildman–Crippen MR) is 71.8 cm³/mol. The summed E-state index contributed by atoms with van der Waals surface area (Å²) < 4.78 is 32.2. The Bertz CT molecular complexity index is 562. The molecule has 1 unspecified atom stereocenters. The van der Waals surface area contributed by atoms with E-state index in [9.17, 15) is 13.2 Å². The first-order valence-corrected chi connectivity index (χ1v) is 7.47. The van der Waals surface area contributed by atoms with E-state index < -0.39 is 22.2 Å². The number of hydrogen-bond acceptors (Lipinski definition) is 5. The summed E-state index contributed by atoms with van der Waals surface area (Å²) in [6, 6.07) is 6.74. The van der Waals surface area contributed by atoms with E-state index in [4.69, 9.17) is 8.92 Å². The van der Waals surface area contributed by atoms with Crippen molar-refractivity contribution in [2.75, 3.05) is 12.9 Å². The topological polar surface area (TPSA) is 69.7 Å². The van der Waals surface area contributed by atoms with Gasteiger partial charge in [0.15, 0.2) is 6.10 Å². The molecule has 1 aromatic rings. The van der Waals surface area contributed by atoms with Crippen LogP contribution >= 0.6 is 0 Å². The molecule has 6 heteroatoms. The second-order valence-corrected chi connectivity index (χ2v) is 5.37. The second kappa shape index (κ2) is 6.49. The monoisotopic (exact) mass is 284 g/mol. The summed E-state index contributed by atoms with van der Waals surface area (Å²) in [7, 11) is -3.79. The summed E-state index contributed by atoms with van der Waals surface area (Å²) in [5.41, 5.74) is 1.02. The van der Waals surface area contributed by atoms with Crippen LogP contribution in [0, 0.1) is 0 Å². The first-order valence-electron chi connectivity index (χ1n) is 5.65. The second-order valence-electron chi connectivity index (χ2n) is 3.77. The van der Waals surface area contributed by atoms with E-state index in [0.29, 0.717) is 11.1 Å². The van der Waals surface area contributed by atoms with Crippen molar-refractivity contribution in [3.63, 3.8) is 0 Å². The Morgan fingerprint density at radius 3 is 2.58 bits per heavy atom. The van der Waals surface area contributed by atoms with Crippen LogP contribution in [-0.4, -0.2) is 27.2 Å². The Hall–Kier alpha value is -1.66. The molecule has 1 rings (SSSR count). The molecule has 0 aliphatic rings. The van der Waals surface area contributed by atoms with Crippen molar-refractivity contribution in [1.29, 1.82) is 0 Å². The molecule has 0 aliphatic carbocycles. The lowest BCUT2D eigenvalue weighted by atomic mass is 10.0. The average Bonchev–Trinajstić information content (AvgIpc) is 2.35. The van der Waals surface area contributed by atoms with Crippen LogP contribution < -0.4 is 0 Å². The number of hydrogen-bond donors (Lipinski definition) is 0. The van der Waals surface area contributed by atoms with Gasteiger partial charge in [-0.2, -0.15) is 8.42 Å². The molecule has 0 saturated carbocycles. The highest BCUT2D eigenvalue weighted by atomic mass is 32.2. The SMILES string of the molecule is C=Cc1ccccc1C(OS(C)(=O)=O)C(=O)OCC. The summed E-state index contributed by atoms with van der Waals surface area (Å²) in [5.74, 6) is -0.748. The van der Waals surface area contributed by atoms with Gasteiger partial charge in [0.2, 0.25) is 0 Å². The molecule has 104 valence electrons. The molecule has 19 heavy (non-hydrogen) atoms. The van der Waals surface area contributed by atoms with Gasteiger partial charge in [-0.25, -0.2) is 4.79 Å². The molecule has 0 aliphatic heterocycles. The molecule has 0 aromatic heterocycles. The molecule has 0 heterocycles. The number of carbonyl (C=O) groups excluding carboxylic acids is 1. The van der Waals surface area contributed by atoms with Gasteiger partial charge in [0, 0.05) is 5.56 Å². The third-order valence-electron chi connectivity index (χ3n) is 2.27. The van der Waals surface area contributed by atoms with Crippen LogP contribution in [0.5, 0.6) is 0 Å². The smallest absolute Gasteiger partial charge is 0.341 e. The molecule has 0 fully saturated rings. The van der Waals surface area contributed by atoms with Crippen LogP contribution in [0.25, 0.3) is 6.08 Å². The van der Waals surface area contributed by atoms with Crippen LogP contribution in [0.2, 0.25) is 0 Å². The minimum atomic E-state index is -3.79. The summed E-state index contributed by atoms with van der Waals surface area (Å²) in [4.78, 5) is 11.8. The van der Waals surface area contributed by atoms with Crippen molar-refractivity contribution in [1.82, 2.24) is 0 Å². The van der Waals surface area contributed by atoms with Gasteiger partial charge in [-0.1, -0.05) is 36.9 Å². The highest BCUT2D eigenvalue weighted by Crippen LogP contribution is 2.25. The van der Waals surface area contributed by atoms with Crippen molar-refractivity contribution in [2.24, 2.45) is 0 Å². The fraction of sp³-hybridized carbons (Fsp3) is 0.308. The van der Waals surface area contributed by atoms with Gasteiger partial charge < -0.3 is 4.74 Å². The zero-order valence-corrected chi connectivity index (χ0v) is 11.6. The zero-order chi connectivity index (χ0) is 14.5. The zero-order valence-electron chi connectivity index (χ0n) is 10.8. The minimum Gasteiger partial charge on any atom is -0.464 e. The Kier molecular flexibility index (Phi) is 5.26. The van der Waals surface area contributed by atoms with Gasteiger partial charge in [0.1, 0.15) is 0 Å². The highest BCUT2D eigenvalue weighted by Gasteiger charge is 2.28. The van der Waals surface area contributed by atoms with E-state index in [0.717, 1.165) is 6.26 Å². The quantitative estimate of drug-likeness (QED) is 0.589. The van der Waals surface area contributed by atoms with Gasteiger partial charge >= 0.3 is 5.97 Å². The van der Waals surface area contributed by atoms with Crippen LogP contribution in [0.1, 0.15) is 24.2 Å². The van der Waals surface area contributed by atoms with Crippen molar-refractivity contribution < 1.29 is 22.1 Å². The normalized spacial score (nSPS) is 12.7. The van der Waals surface area contributed by atoms with E-state index in [1.54, 1.807) is 31.2 Å². The van der Waals surface area contributed by atoms with Gasteiger partial charge in [0.05, 0.1) is 12.9 Å². The van der Waals surface area contributed by atoms with Crippen LogP contribution in [0.4, 0.5) is 0 Å².